The van der Waals surface area contributed by atoms with Crippen molar-refractivity contribution in [2.45, 2.75) is 31.7 Å². The molecule has 0 aliphatic heterocycles. The van der Waals surface area contributed by atoms with Gasteiger partial charge in [0.2, 0.25) is 17.6 Å². The lowest BCUT2D eigenvalue weighted by atomic mass is 10.1. The molecule has 1 aliphatic rings. The Morgan fingerprint density at radius 1 is 1.50 bits per heavy atom. The van der Waals surface area contributed by atoms with E-state index in [1.807, 2.05) is 17.5 Å². The quantitative estimate of drug-likeness (QED) is 0.804. The fraction of sp³-hybridized carbons (Fsp3) is 0.429. The van der Waals surface area contributed by atoms with Crippen LogP contribution in [-0.2, 0) is 16.0 Å². The van der Waals surface area contributed by atoms with Gasteiger partial charge in [0.25, 0.3) is 0 Å². The van der Waals surface area contributed by atoms with E-state index in [-0.39, 0.29) is 18.2 Å². The molecule has 8 heteroatoms. The Balaban J connectivity index is 1.51. The van der Waals surface area contributed by atoms with Gasteiger partial charge in [0, 0.05) is 12.8 Å². The molecule has 0 aromatic carbocycles. The van der Waals surface area contributed by atoms with Crippen molar-refractivity contribution in [1.82, 2.24) is 15.5 Å². The summed E-state index contributed by atoms with van der Waals surface area (Å²) < 4.78 is 5.10. The number of carboxylic acid groups (broad SMARTS) is 1. The van der Waals surface area contributed by atoms with Crippen molar-refractivity contribution in [3.63, 3.8) is 0 Å². The topological polar surface area (TPSA) is 105 Å². The highest BCUT2D eigenvalue weighted by molar-refractivity contribution is 7.13. The average molecular weight is 321 g/mol. The van der Waals surface area contributed by atoms with Gasteiger partial charge < -0.3 is 14.9 Å². The van der Waals surface area contributed by atoms with Gasteiger partial charge in [0.05, 0.1) is 4.88 Å². The molecule has 1 unspecified atom stereocenters. The monoisotopic (exact) mass is 321 g/mol. The Bertz CT molecular complexity index is 663. The Hall–Kier alpha value is -2.22. The number of aryl methyl sites for hydroxylation is 1. The minimum atomic E-state index is -0.978. The molecule has 0 radical (unpaired) electrons. The normalized spacial score (nSPS) is 15.5. The molecule has 1 aliphatic carbocycles. The van der Waals surface area contributed by atoms with Crippen LogP contribution in [0.25, 0.3) is 10.7 Å². The Morgan fingerprint density at radius 2 is 2.32 bits per heavy atom. The minimum Gasteiger partial charge on any atom is -0.480 e. The highest BCUT2D eigenvalue weighted by Crippen LogP contribution is 2.32. The second-order valence-electron chi connectivity index (χ2n) is 5.21. The second-order valence-corrected chi connectivity index (χ2v) is 6.16. The lowest BCUT2D eigenvalue weighted by Crippen LogP contribution is -2.42. The number of rotatable bonds is 7. The number of amides is 1. The number of aromatic nitrogens is 2. The summed E-state index contributed by atoms with van der Waals surface area (Å²) in [5.41, 5.74) is 0. The summed E-state index contributed by atoms with van der Waals surface area (Å²) in [6.45, 7) is 0. The van der Waals surface area contributed by atoms with E-state index in [0.717, 1.165) is 17.7 Å². The molecule has 2 N–H and O–H groups in total. The number of aliphatic carboxylic acids is 1. The van der Waals surface area contributed by atoms with Gasteiger partial charge in [-0.3, -0.25) is 4.79 Å². The summed E-state index contributed by atoms with van der Waals surface area (Å²) in [6, 6.07) is 3.00. The van der Waals surface area contributed by atoms with Crippen LogP contribution >= 0.6 is 11.3 Å². The van der Waals surface area contributed by atoms with Crippen molar-refractivity contribution in [2.24, 2.45) is 5.92 Å². The van der Waals surface area contributed by atoms with E-state index in [4.69, 9.17) is 9.63 Å². The molecule has 2 aromatic rings. The summed E-state index contributed by atoms with van der Waals surface area (Å²) >= 11 is 1.51. The van der Waals surface area contributed by atoms with E-state index in [2.05, 4.69) is 15.5 Å². The van der Waals surface area contributed by atoms with Crippen molar-refractivity contribution in [3.05, 3.63) is 23.4 Å². The third kappa shape index (κ3) is 3.51. The standard InChI is InChI=1S/C14H15N3O4S/c18-10(15-12(14(19)20)8-3-4-8)5-6-11-16-13(17-21-11)9-2-1-7-22-9/h1-2,7-8,12H,3-6H2,(H,15,18)(H,19,20). The number of carbonyl (C=O) groups excluding carboxylic acids is 1. The molecule has 0 spiro atoms. The number of nitrogens with one attached hydrogen (secondary N) is 1. The van der Waals surface area contributed by atoms with E-state index in [1.54, 1.807) is 0 Å². The van der Waals surface area contributed by atoms with Crippen molar-refractivity contribution in [2.75, 3.05) is 0 Å². The Morgan fingerprint density at radius 3 is 2.95 bits per heavy atom. The molecule has 3 rings (SSSR count). The van der Waals surface area contributed by atoms with Gasteiger partial charge in [-0.2, -0.15) is 4.98 Å². The fourth-order valence-electron chi connectivity index (χ4n) is 2.14. The number of hydrogen-bond acceptors (Lipinski definition) is 6. The highest BCUT2D eigenvalue weighted by Gasteiger charge is 2.37. The van der Waals surface area contributed by atoms with Crippen LogP contribution < -0.4 is 5.32 Å². The van der Waals surface area contributed by atoms with Crippen LogP contribution in [0.4, 0.5) is 0 Å². The van der Waals surface area contributed by atoms with Crippen LogP contribution in [0.15, 0.2) is 22.0 Å². The maximum atomic E-state index is 11.8. The lowest BCUT2D eigenvalue weighted by Gasteiger charge is -2.12. The first-order valence-corrected chi connectivity index (χ1v) is 7.90. The van der Waals surface area contributed by atoms with Crippen LogP contribution in [0.1, 0.15) is 25.2 Å². The number of carboxylic acids is 1. The first kappa shape index (κ1) is 14.7. The number of nitrogens with zero attached hydrogens (tertiary/aromatic N) is 2. The molecule has 116 valence electrons. The Kier molecular flexibility index (Phi) is 4.19. The molecule has 1 atom stereocenters. The molecule has 1 amide bonds. The maximum absolute atomic E-state index is 11.8. The zero-order chi connectivity index (χ0) is 15.5. The van der Waals surface area contributed by atoms with Crippen LogP contribution in [0.3, 0.4) is 0 Å². The molecule has 7 nitrogen and oxygen atoms in total. The molecule has 0 bridgehead atoms. The molecule has 2 heterocycles. The van der Waals surface area contributed by atoms with Crippen molar-refractivity contribution in [1.29, 1.82) is 0 Å². The lowest BCUT2D eigenvalue weighted by molar-refractivity contribution is -0.142. The molecule has 22 heavy (non-hydrogen) atoms. The largest absolute Gasteiger partial charge is 0.480 e. The molecular weight excluding hydrogens is 306 g/mol. The van der Waals surface area contributed by atoms with Gasteiger partial charge >= 0.3 is 5.97 Å². The molecule has 1 fully saturated rings. The summed E-state index contributed by atoms with van der Waals surface area (Å²) in [6.07, 6.45) is 2.12. The summed E-state index contributed by atoms with van der Waals surface area (Å²) in [5.74, 6) is -0.345. The van der Waals surface area contributed by atoms with Crippen molar-refractivity contribution >= 4 is 23.2 Å². The van der Waals surface area contributed by atoms with Gasteiger partial charge in [0.15, 0.2) is 0 Å². The number of carbonyl (C=O) groups is 2. The Labute approximate surface area is 130 Å². The van der Waals surface area contributed by atoms with Crippen molar-refractivity contribution in [3.8, 4) is 10.7 Å². The third-order valence-electron chi connectivity index (χ3n) is 3.45. The molecule has 1 saturated carbocycles. The summed E-state index contributed by atoms with van der Waals surface area (Å²) in [7, 11) is 0. The average Bonchev–Trinajstić information content (AvgIpc) is 3.01. The summed E-state index contributed by atoms with van der Waals surface area (Å²) in [4.78, 5) is 28.0. The van der Waals surface area contributed by atoms with E-state index in [9.17, 15) is 9.59 Å². The second kappa shape index (κ2) is 6.27. The molecule has 0 saturated heterocycles. The predicted octanol–water partition coefficient (Wildman–Crippen LogP) is 1.71. The highest BCUT2D eigenvalue weighted by atomic mass is 32.1. The predicted molar refractivity (Wildman–Crippen MR) is 78.2 cm³/mol. The summed E-state index contributed by atoms with van der Waals surface area (Å²) in [5, 5.41) is 17.4. The van der Waals surface area contributed by atoms with Gasteiger partial charge in [0.1, 0.15) is 6.04 Å². The van der Waals surface area contributed by atoms with Gasteiger partial charge in [-0.05, 0) is 30.2 Å². The van der Waals surface area contributed by atoms with Gasteiger partial charge in [-0.25, -0.2) is 4.79 Å². The van der Waals surface area contributed by atoms with E-state index in [0.29, 0.717) is 18.1 Å². The first-order valence-electron chi connectivity index (χ1n) is 7.02. The van der Waals surface area contributed by atoms with Crippen LogP contribution in [0, 0.1) is 5.92 Å². The first-order chi connectivity index (χ1) is 10.6. The van der Waals surface area contributed by atoms with E-state index >= 15 is 0 Å². The minimum absolute atomic E-state index is 0.0651. The van der Waals surface area contributed by atoms with Crippen LogP contribution in [0.5, 0.6) is 0 Å². The molecular formula is C14H15N3O4S. The van der Waals surface area contributed by atoms with E-state index in [1.165, 1.54) is 11.3 Å². The zero-order valence-electron chi connectivity index (χ0n) is 11.7. The van der Waals surface area contributed by atoms with E-state index < -0.39 is 12.0 Å². The SMILES string of the molecule is O=C(CCc1nc(-c2cccs2)no1)NC(C(=O)O)C1CC1. The smallest absolute Gasteiger partial charge is 0.326 e. The number of thiophene rings is 1. The molecule has 2 aromatic heterocycles. The zero-order valence-corrected chi connectivity index (χ0v) is 12.5. The third-order valence-corrected chi connectivity index (χ3v) is 4.32. The maximum Gasteiger partial charge on any atom is 0.326 e. The number of hydrogen-bond donors (Lipinski definition) is 2. The van der Waals surface area contributed by atoms with Crippen LogP contribution in [-0.4, -0.2) is 33.2 Å². The fourth-order valence-corrected chi connectivity index (χ4v) is 2.79. The van der Waals surface area contributed by atoms with Gasteiger partial charge in [-0.15, -0.1) is 11.3 Å². The van der Waals surface area contributed by atoms with Crippen LogP contribution in [0.2, 0.25) is 0 Å². The van der Waals surface area contributed by atoms with Crippen molar-refractivity contribution < 1.29 is 19.2 Å². The van der Waals surface area contributed by atoms with Gasteiger partial charge in [-0.1, -0.05) is 11.2 Å².